The second kappa shape index (κ2) is 9.30. The average molecular weight is 348 g/mol. The number of hydrogen-bond donors (Lipinski definition) is 1. The van der Waals surface area contributed by atoms with Crippen molar-refractivity contribution >= 4 is 11.8 Å². The predicted octanol–water partition coefficient (Wildman–Crippen LogP) is 2.47. The van der Waals surface area contributed by atoms with E-state index in [1.54, 1.807) is 37.3 Å². The van der Waals surface area contributed by atoms with Crippen LogP contribution in [0.3, 0.4) is 0 Å². The summed E-state index contributed by atoms with van der Waals surface area (Å²) in [4.78, 5) is 26.9. The molecule has 1 aromatic carbocycles. The molecule has 6 heteroatoms. The van der Waals surface area contributed by atoms with Crippen molar-refractivity contribution in [3.63, 3.8) is 0 Å². The zero-order valence-corrected chi connectivity index (χ0v) is 15.3. The maximum Gasteiger partial charge on any atom is 0.261 e. The maximum absolute atomic E-state index is 12.9. The van der Waals surface area contributed by atoms with Crippen molar-refractivity contribution < 1.29 is 19.1 Å². The van der Waals surface area contributed by atoms with Gasteiger partial charge in [0.05, 0.1) is 14.2 Å². The fourth-order valence-corrected chi connectivity index (χ4v) is 3.10. The molecule has 0 radical (unpaired) electrons. The molecule has 0 bridgehead atoms. The lowest BCUT2D eigenvalue weighted by Crippen LogP contribution is -2.43. The predicted molar refractivity (Wildman–Crippen MR) is 96.1 cm³/mol. The van der Waals surface area contributed by atoms with Crippen LogP contribution < -0.4 is 14.8 Å². The van der Waals surface area contributed by atoms with E-state index in [9.17, 15) is 9.59 Å². The molecule has 2 amide bonds. The highest BCUT2D eigenvalue weighted by molar-refractivity contribution is 5.99. The van der Waals surface area contributed by atoms with Crippen LogP contribution in [0.15, 0.2) is 18.2 Å². The monoisotopic (exact) mass is 348 g/mol. The molecule has 25 heavy (non-hydrogen) atoms. The SMILES string of the molecule is CCCCNC(=O)C1CCN(C(=O)c2c(OC)cccc2OC)CC1. The fraction of sp³-hybridized carbons (Fsp3) is 0.579. The van der Waals surface area contributed by atoms with Crippen LogP contribution in [0.4, 0.5) is 0 Å². The first-order valence-corrected chi connectivity index (χ1v) is 8.90. The Morgan fingerprint density at radius 2 is 1.76 bits per heavy atom. The molecule has 1 heterocycles. The molecule has 0 unspecified atom stereocenters. The Labute approximate surface area is 149 Å². The molecule has 1 fully saturated rings. The number of nitrogens with one attached hydrogen (secondary N) is 1. The van der Waals surface area contributed by atoms with E-state index >= 15 is 0 Å². The van der Waals surface area contributed by atoms with Crippen molar-refractivity contribution in [2.45, 2.75) is 32.6 Å². The minimum absolute atomic E-state index is 0.0135. The van der Waals surface area contributed by atoms with Gasteiger partial charge in [-0.25, -0.2) is 0 Å². The minimum Gasteiger partial charge on any atom is -0.496 e. The largest absolute Gasteiger partial charge is 0.496 e. The summed E-state index contributed by atoms with van der Waals surface area (Å²) in [6.07, 6.45) is 3.42. The Bertz CT molecular complexity index is 573. The van der Waals surface area contributed by atoms with E-state index in [1.807, 2.05) is 0 Å². The minimum atomic E-state index is -0.112. The van der Waals surface area contributed by atoms with E-state index in [2.05, 4.69) is 12.2 Å². The van der Waals surface area contributed by atoms with E-state index in [-0.39, 0.29) is 17.7 Å². The van der Waals surface area contributed by atoms with E-state index in [4.69, 9.17) is 9.47 Å². The number of piperidine rings is 1. The highest BCUT2D eigenvalue weighted by atomic mass is 16.5. The summed E-state index contributed by atoms with van der Waals surface area (Å²) in [7, 11) is 3.08. The molecule has 138 valence electrons. The van der Waals surface area contributed by atoms with Crippen LogP contribution in [0.5, 0.6) is 11.5 Å². The van der Waals surface area contributed by atoms with Gasteiger partial charge in [0.15, 0.2) is 0 Å². The van der Waals surface area contributed by atoms with Gasteiger partial charge in [-0.1, -0.05) is 19.4 Å². The number of ether oxygens (including phenoxy) is 2. The van der Waals surface area contributed by atoms with Crippen molar-refractivity contribution in [3.05, 3.63) is 23.8 Å². The molecule has 6 nitrogen and oxygen atoms in total. The second-order valence-corrected chi connectivity index (χ2v) is 6.25. The van der Waals surface area contributed by atoms with Gasteiger partial charge in [-0.05, 0) is 31.4 Å². The fourth-order valence-electron chi connectivity index (χ4n) is 3.10. The van der Waals surface area contributed by atoms with Crippen molar-refractivity contribution in [2.75, 3.05) is 33.9 Å². The molecule has 1 saturated heterocycles. The van der Waals surface area contributed by atoms with Crippen LogP contribution in [0.1, 0.15) is 43.0 Å². The summed E-state index contributed by atoms with van der Waals surface area (Å²) < 4.78 is 10.6. The normalized spacial score (nSPS) is 14.9. The molecule has 0 saturated carbocycles. The quantitative estimate of drug-likeness (QED) is 0.769. The molecule has 1 aromatic rings. The molecule has 0 atom stereocenters. The third kappa shape index (κ3) is 4.65. The van der Waals surface area contributed by atoms with Crippen LogP contribution in [-0.4, -0.2) is 50.6 Å². The Balaban J connectivity index is 1.99. The summed E-state index contributed by atoms with van der Waals surface area (Å²) >= 11 is 0. The number of nitrogens with zero attached hydrogens (tertiary/aromatic N) is 1. The standard InChI is InChI=1S/C19H28N2O4/c1-4-5-11-20-18(22)14-9-12-21(13-10-14)19(23)17-15(24-2)7-6-8-16(17)25-3/h6-8,14H,4-5,9-13H2,1-3H3,(H,20,22). The number of likely N-dealkylation sites (tertiary alicyclic amines) is 1. The van der Waals surface area contributed by atoms with Crippen molar-refractivity contribution in [1.29, 1.82) is 0 Å². The van der Waals surface area contributed by atoms with Gasteiger partial charge in [0.25, 0.3) is 5.91 Å². The molecule has 2 rings (SSSR count). The molecule has 1 N–H and O–H groups in total. The van der Waals surface area contributed by atoms with E-state index < -0.39 is 0 Å². The molecule has 0 aromatic heterocycles. The lowest BCUT2D eigenvalue weighted by molar-refractivity contribution is -0.126. The van der Waals surface area contributed by atoms with Crippen LogP contribution in [0, 0.1) is 5.92 Å². The van der Waals surface area contributed by atoms with Crippen molar-refractivity contribution in [1.82, 2.24) is 10.2 Å². The van der Waals surface area contributed by atoms with Gasteiger partial charge in [0.2, 0.25) is 5.91 Å². The molecular formula is C19H28N2O4. The number of carbonyl (C=O) groups excluding carboxylic acids is 2. The Morgan fingerprint density at radius 1 is 1.16 bits per heavy atom. The molecule has 1 aliphatic rings. The van der Waals surface area contributed by atoms with Gasteiger partial charge in [0.1, 0.15) is 17.1 Å². The zero-order chi connectivity index (χ0) is 18.2. The van der Waals surface area contributed by atoms with Crippen LogP contribution in [-0.2, 0) is 4.79 Å². The second-order valence-electron chi connectivity index (χ2n) is 6.25. The first-order valence-electron chi connectivity index (χ1n) is 8.90. The van der Waals surface area contributed by atoms with Crippen LogP contribution in [0.2, 0.25) is 0 Å². The number of benzene rings is 1. The number of carbonyl (C=O) groups is 2. The number of unbranched alkanes of at least 4 members (excludes halogenated alkanes) is 1. The zero-order valence-electron chi connectivity index (χ0n) is 15.3. The van der Waals surface area contributed by atoms with Gasteiger partial charge in [-0.15, -0.1) is 0 Å². The summed E-state index contributed by atoms with van der Waals surface area (Å²) in [5.74, 6) is 0.989. The van der Waals surface area contributed by atoms with Gasteiger partial charge in [0, 0.05) is 25.6 Å². The topological polar surface area (TPSA) is 67.9 Å². The summed E-state index contributed by atoms with van der Waals surface area (Å²) in [5, 5.41) is 2.98. The highest BCUT2D eigenvalue weighted by Crippen LogP contribution is 2.31. The van der Waals surface area contributed by atoms with Gasteiger partial charge in [-0.2, -0.15) is 0 Å². The van der Waals surface area contributed by atoms with Crippen LogP contribution >= 0.6 is 0 Å². The number of methoxy groups -OCH3 is 2. The molecule has 1 aliphatic heterocycles. The lowest BCUT2D eigenvalue weighted by atomic mass is 9.95. The number of hydrogen-bond acceptors (Lipinski definition) is 4. The third-order valence-corrected chi connectivity index (χ3v) is 4.62. The Kier molecular flexibility index (Phi) is 7.10. The molecular weight excluding hydrogens is 320 g/mol. The van der Waals surface area contributed by atoms with E-state index in [0.717, 1.165) is 19.4 Å². The van der Waals surface area contributed by atoms with E-state index in [1.165, 1.54) is 0 Å². The smallest absolute Gasteiger partial charge is 0.261 e. The van der Waals surface area contributed by atoms with Gasteiger partial charge in [-0.3, -0.25) is 9.59 Å². The first kappa shape index (κ1) is 19.1. The Morgan fingerprint density at radius 3 is 2.28 bits per heavy atom. The van der Waals surface area contributed by atoms with E-state index in [0.29, 0.717) is 43.0 Å². The summed E-state index contributed by atoms with van der Waals surface area (Å²) in [6.45, 7) is 3.95. The van der Waals surface area contributed by atoms with Crippen LogP contribution in [0.25, 0.3) is 0 Å². The summed E-state index contributed by atoms with van der Waals surface area (Å²) in [5.41, 5.74) is 0.443. The lowest BCUT2D eigenvalue weighted by Gasteiger charge is -2.32. The summed E-state index contributed by atoms with van der Waals surface area (Å²) in [6, 6.07) is 5.30. The Hall–Kier alpha value is -2.24. The number of rotatable bonds is 7. The van der Waals surface area contributed by atoms with Gasteiger partial charge >= 0.3 is 0 Å². The molecule has 0 aliphatic carbocycles. The van der Waals surface area contributed by atoms with Crippen molar-refractivity contribution in [3.8, 4) is 11.5 Å². The number of amides is 2. The first-order chi connectivity index (χ1) is 12.1. The average Bonchev–Trinajstić information content (AvgIpc) is 2.66. The third-order valence-electron chi connectivity index (χ3n) is 4.62. The van der Waals surface area contributed by atoms with Crippen molar-refractivity contribution in [2.24, 2.45) is 5.92 Å². The van der Waals surface area contributed by atoms with Gasteiger partial charge < -0.3 is 19.7 Å². The molecule has 0 spiro atoms. The maximum atomic E-state index is 12.9. The highest BCUT2D eigenvalue weighted by Gasteiger charge is 2.30.